The van der Waals surface area contributed by atoms with Crippen LogP contribution in [0.5, 0.6) is 0 Å². The van der Waals surface area contributed by atoms with E-state index in [2.05, 4.69) is 11.9 Å². The molecule has 1 aliphatic heterocycles. The Morgan fingerprint density at radius 2 is 2.00 bits per heavy atom. The van der Waals surface area contributed by atoms with E-state index in [4.69, 9.17) is 11.6 Å². The second-order valence-electron chi connectivity index (χ2n) is 7.61. The lowest BCUT2D eigenvalue weighted by Crippen LogP contribution is -2.49. The van der Waals surface area contributed by atoms with E-state index in [1.807, 2.05) is 47.4 Å². The minimum atomic E-state index is -0.922. The fraction of sp³-hybridized carbons (Fsp3) is 0.435. The third kappa shape index (κ3) is 5.36. The van der Waals surface area contributed by atoms with Gasteiger partial charge >= 0.3 is 5.97 Å². The van der Waals surface area contributed by atoms with Crippen LogP contribution in [0.25, 0.3) is 0 Å². The number of halogens is 1. The van der Waals surface area contributed by atoms with Crippen molar-refractivity contribution in [3.8, 4) is 0 Å². The van der Waals surface area contributed by atoms with E-state index in [0.717, 1.165) is 36.9 Å². The van der Waals surface area contributed by atoms with Gasteiger partial charge in [0.15, 0.2) is 0 Å². The normalized spacial score (nSPS) is 20.5. The molecule has 1 saturated heterocycles. The van der Waals surface area contributed by atoms with E-state index in [1.165, 1.54) is 0 Å². The standard InChI is InChI=1S/C23H27ClN2O3/c1-2-20(12-11-19-5-3-4-14-25-19)26-21(16-6-9-18(24)10-7-16)13-8-17(23(26)29)15-22(27)28/h3-7,9-10,14,17,20-21H,2,8,11-13,15H2,1H3,(H,27,28)/t17?,20-,21?/m0/s1. The molecule has 0 aliphatic carbocycles. The van der Waals surface area contributed by atoms with Crippen LogP contribution >= 0.6 is 11.6 Å². The smallest absolute Gasteiger partial charge is 0.304 e. The number of benzene rings is 1. The van der Waals surface area contributed by atoms with Crippen LogP contribution in [0.3, 0.4) is 0 Å². The summed E-state index contributed by atoms with van der Waals surface area (Å²) in [5.74, 6) is -1.43. The number of rotatable bonds is 8. The molecule has 0 saturated carbocycles. The summed E-state index contributed by atoms with van der Waals surface area (Å²) in [7, 11) is 0. The molecule has 1 fully saturated rings. The molecule has 1 N–H and O–H groups in total. The van der Waals surface area contributed by atoms with E-state index in [1.54, 1.807) is 6.20 Å². The lowest BCUT2D eigenvalue weighted by atomic mass is 9.84. The highest BCUT2D eigenvalue weighted by Crippen LogP contribution is 2.38. The van der Waals surface area contributed by atoms with Gasteiger partial charge in [0.25, 0.3) is 0 Å². The van der Waals surface area contributed by atoms with Crippen LogP contribution in [0, 0.1) is 5.92 Å². The second kappa shape index (κ2) is 9.88. The number of amides is 1. The predicted molar refractivity (Wildman–Crippen MR) is 113 cm³/mol. The number of hydrogen-bond donors (Lipinski definition) is 1. The van der Waals surface area contributed by atoms with Gasteiger partial charge in [0.05, 0.1) is 12.5 Å². The molecule has 2 aromatic rings. The number of pyridine rings is 1. The van der Waals surface area contributed by atoms with Gasteiger partial charge in [-0.3, -0.25) is 14.6 Å². The zero-order valence-corrected chi connectivity index (χ0v) is 17.4. The first-order valence-corrected chi connectivity index (χ1v) is 10.6. The predicted octanol–water partition coefficient (Wildman–Crippen LogP) is 4.90. The quantitative estimate of drug-likeness (QED) is 0.666. The van der Waals surface area contributed by atoms with E-state index < -0.39 is 11.9 Å². The summed E-state index contributed by atoms with van der Waals surface area (Å²) in [6, 6.07) is 13.5. The number of hydrogen-bond acceptors (Lipinski definition) is 3. The molecule has 3 rings (SSSR count). The van der Waals surface area contributed by atoms with Crippen LogP contribution < -0.4 is 0 Å². The molecule has 1 aromatic carbocycles. The van der Waals surface area contributed by atoms with Crippen molar-refractivity contribution in [1.82, 2.24) is 9.88 Å². The molecule has 3 atom stereocenters. The Hall–Kier alpha value is -2.40. The number of carbonyl (C=O) groups is 2. The Bertz CT molecular complexity index is 826. The van der Waals surface area contributed by atoms with Gasteiger partial charge < -0.3 is 10.0 Å². The van der Waals surface area contributed by atoms with Gasteiger partial charge in [0.2, 0.25) is 5.91 Å². The van der Waals surface area contributed by atoms with E-state index >= 15 is 0 Å². The van der Waals surface area contributed by atoms with Gasteiger partial charge in [-0.1, -0.05) is 36.7 Å². The molecular formula is C23H27ClN2O3. The van der Waals surface area contributed by atoms with Crippen molar-refractivity contribution >= 4 is 23.5 Å². The van der Waals surface area contributed by atoms with Gasteiger partial charge in [0, 0.05) is 28.9 Å². The van der Waals surface area contributed by atoms with Crippen LogP contribution in [0.15, 0.2) is 48.7 Å². The molecule has 154 valence electrons. The summed E-state index contributed by atoms with van der Waals surface area (Å²) in [6.07, 6.45) is 5.39. The maximum Gasteiger partial charge on any atom is 0.304 e. The number of carbonyl (C=O) groups excluding carboxylic acids is 1. The van der Waals surface area contributed by atoms with Gasteiger partial charge in [-0.25, -0.2) is 0 Å². The number of likely N-dealkylation sites (tertiary alicyclic amines) is 1. The van der Waals surface area contributed by atoms with E-state index in [9.17, 15) is 14.7 Å². The summed E-state index contributed by atoms with van der Waals surface area (Å²) in [5.41, 5.74) is 2.05. The fourth-order valence-corrected chi connectivity index (χ4v) is 4.36. The van der Waals surface area contributed by atoms with Crippen molar-refractivity contribution in [3.63, 3.8) is 0 Å². The van der Waals surface area contributed by atoms with Gasteiger partial charge in [-0.05, 0) is 61.9 Å². The van der Waals surface area contributed by atoms with Crippen LogP contribution in [0.1, 0.15) is 56.3 Å². The fourth-order valence-electron chi connectivity index (χ4n) is 4.23. The molecular weight excluding hydrogens is 388 g/mol. The number of aliphatic carboxylic acids is 1. The summed E-state index contributed by atoms with van der Waals surface area (Å²) < 4.78 is 0. The zero-order chi connectivity index (χ0) is 20.8. The first kappa shape index (κ1) is 21.3. The third-order valence-electron chi connectivity index (χ3n) is 5.73. The monoisotopic (exact) mass is 414 g/mol. The molecule has 1 amide bonds. The molecule has 0 radical (unpaired) electrons. The highest BCUT2D eigenvalue weighted by atomic mass is 35.5. The summed E-state index contributed by atoms with van der Waals surface area (Å²) in [5, 5.41) is 9.90. The Morgan fingerprint density at radius 1 is 1.24 bits per heavy atom. The van der Waals surface area contributed by atoms with Crippen molar-refractivity contribution in [1.29, 1.82) is 0 Å². The number of aromatic nitrogens is 1. The third-order valence-corrected chi connectivity index (χ3v) is 5.98. The van der Waals surface area contributed by atoms with Gasteiger partial charge in [-0.15, -0.1) is 0 Å². The van der Waals surface area contributed by atoms with Crippen LogP contribution in [0.2, 0.25) is 5.02 Å². The van der Waals surface area contributed by atoms with Crippen LogP contribution in [-0.2, 0) is 16.0 Å². The second-order valence-corrected chi connectivity index (χ2v) is 8.04. The molecule has 2 heterocycles. The Balaban J connectivity index is 1.85. The molecule has 5 nitrogen and oxygen atoms in total. The zero-order valence-electron chi connectivity index (χ0n) is 16.6. The molecule has 1 aromatic heterocycles. The highest BCUT2D eigenvalue weighted by molar-refractivity contribution is 6.30. The first-order chi connectivity index (χ1) is 14.0. The number of carboxylic acid groups (broad SMARTS) is 1. The number of aryl methyl sites for hydroxylation is 1. The maximum absolute atomic E-state index is 13.3. The lowest BCUT2D eigenvalue weighted by molar-refractivity contribution is -0.151. The molecule has 0 spiro atoms. The van der Waals surface area contributed by atoms with Gasteiger partial charge in [0.1, 0.15) is 0 Å². The first-order valence-electron chi connectivity index (χ1n) is 10.2. The van der Waals surface area contributed by atoms with Crippen LogP contribution in [-0.4, -0.2) is 32.9 Å². The lowest BCUT2D eigenvalue weighted by Gasteiger charge is -2.44. The summed E-state index contributed by atoms with van der Waals surface area (Å²) >= 11 is 6.05. The summed E-state index contributed by atoms with van der Waals surface area (Å²) in [4.78, 5) is 31.0. The average Bonchev–Trinajstić information content (AvgIpc) is 2.72. The molecule has 1 aliphatic rings. The Kier molecular flexibility index (Phi) is 7.26. The SMILES string of the molecule is CC[C@@H](CCc1ccccn1)N1C(=O)C(CC(=O)O)CCC1c1ccc(Cl)cc1. The number of carboxylic acids is 1. The Morgan fingerprint density at radius 3 is 2.62 bits per heavy atom. The van der Waals surface area contributed by atoms with Gasteiger partial charge in [-0.2, -0.15) is 0 Å². The molecule has 0 bridgehead atoms. The summed E-state index contributed by atoms with van der Waals surface area (Å²) in [6.45, 7) is 2.08. The topological polar surface area (TPSA) is 70.5 Å². The number of nitrogens with zero attached hydrogens (tertiary/aromatic N) is 2. The molecule has 6 heteroatoms. The largest absolute Gasteiger partial charge is 0.481 e. The van der Waals surface area contributed by atoms with Crippen molar-refractivity contribution in [2.75, 3.05) is 0 Å². The van der Waals surface area contributed by atoms with Crippen molar-refractivity contribution in [3.05, 3.63) is 64.9 Å². The maximum atomic E-state index is 13.3. The number of piperidine rings is 1. The van der Waals surface area contributed by atoms with Crippen molar-refractivity contribution in [2.24, 2.45) is 5.92 Å². The van der Waals surface area contributed by atoms with Crippen molar-refractivity contribution in [2.45, 2.75) is 57.5 Å². The van der Waals surface area contributed by atoms with E-state index in [0.29, 0.717) is 11.4 Å². The minimum absolute atomic E-state index is 0.0294. The highest BCUT2D eigenvalue weighted by Gasteiger charge is 2.39. The van der Waals surface area contributed by atoms with E-state index in [-0.39, 0.29) is 24.4 Å². The Labute approximate surface area is 176 Å². The van der Waals surface area contributed by atoms with Crippen LogP contribution in [0.4, 0.5) is 0 Å². The molecule has 29 heavy (non-hydrogen) atoms. The molecule has 2 unspecified atom stereocenters. The average molecular weight is 415 g/mol. The minimum Gasteiger partial charge on any atom is -0.481 e. The van der Waals surface area contributed by atoms with Crippen molar-refractivity contribution < 1.29 is 14.7 Å².